The van der Waals surface area contributed by atoms with Gasteiger partial charge in [0, 0.05) is 25.4 Å². The quantitative estimate of drug-likeness (QED) is 0.837. The van der Waals surface area contributed by atoms with Gasteiger partial charge in [-0.3, -0.25) is 9.59 Å². The summed E-state index contributed by atoms with van der Waals surface area (Å²) in [4.78, 5) is 25.4. The molecule has 5 heteroatoms. The Hall–Kier alpha value is -1.42. The summed E-state index contributed by atoms with van der Waals surface area (Å²) in [5, 5.41) is 0.106. The molecule has 0 aliphatic carbocycles. The van der Waals surface area contributed by atoms with Crippen LogP contribution in [0.4, 0.5) is 4.39 Å². The van der Waals surface area contributed by atoms with E-state index in [4.69, 9.17) is 11.6 Å². The van der Waals surface area contributed by atoms with Crippen LogP contribution in [0.2, 0.25) is 5.02 Å². The molecular weight excluding hydrogens is 269 g/mol. The summed E-state index contributed by atoms with van der Waals surface area (Å²) in [5.74, 6) is -1.04. The lowest BCUT2D eigenvalue weighted by Crippen LogP contribution is -2.44. The SMILES string of the molecule is CCC1CN(C(=O)c2c(F)cccc2Cl)CCC1=O. The molecule has 1 aromatic carbocycles. The van der Waals surface area contributed by atoms with Crippen LogP contribution in [0, 0.1) is 11.7 Å². The minimum Gasteiger partial charge on any atom is -0.337 e. The zero-order valence-electron chi connectivity index (χ0n) is 10.7. The van der Waals surface area contributed by atoms with Crippen molar-refractivity contribution in [2.45, 2.75) is 19.8 Å². The summed E-state index contributed by atoms with van der Waals surface area (Å²) >= 11 is 5.89. The van der Waals surface area contributed by atoms with Crippen LogP contribution >= 0.6 is 11.6 Å². The number of likely N-dealkylation sites (tertiary alicyclic amines) is 1. The van der Waals surface area contributed by atoms with Crippen molar-refractivity contribution in [3.05, 3.63) is 34.6 Å². The molecule has 3 nitrogen and oxygen atoms in total. The van der Waals surface area contributed by atoms with Gasteiger partial charge in [-0.05, 0) is 18.6 Å². The highest BCUT2D eigenvalue weighted by atomic mass is 35.5. The van der Waals surface area contributed by atoms with E-state index in [1.165, 1.54) is 23.1 Å². The number of halogens is 2. The van der Waals surface area contributed by atoms with Crippen LogP contribution in [0.1, 0.15) is 30.1 Å². The Morgan fingerprint density at radius 3 is 2.89 bits per heavy atom. The fourth-order valence-corrected chi connectivity index (χ4v) is 2.55. The van der Waals surface area contributed by atoms with Crippen LogP contribution < -0.4 is 0 Å². The summed E-state index contributed by atoms with van der Waals surface area (Å²) in [6, 6.07) is 4.17. The Bertz CT molecular complexity index is 498. The van der Waals surface area contributed by atoms with Crippen LogP contribution in [0.3, 0.4) is 0 Å². The van der Waals surface area contributed by atoms with Gasteiger partial charge in [0.2, 0.25) is 0 Å². The molecule has 1 amide bonds. The van der Waals surface area contributed by atoms with E-state index in [0.717, 1.165) is 0 Å². The number of rotatable bonds is 2. The zero-order valence-corrected chi connectivity index (χ0v) is 11.4. The Morgan fingerprint density at radius 1 is 1.53 bits per heavy atom. The van der Waals surface area contributed by atoms with Crippen molar-refractivity contribution < 1.29 is 14.0 Å². The summed E-state index contributed by atoms with van der Waals surface area (Å²) < 4.78 is 13.7. The van der Waals surface area contributed by atoms with E-state index in [1.54, 1.807) is 0 Å². The van der Waals surface area contributed by atoms with Crippen molar-refractivity contribution in [2.75, 3.05) is 13.1 Å². The van der Waals surface area contributed by atoms with Crippen molar-refractivity contribution in [3.8, 4) is 0 Å². The molecule has 1 saturated heterocycles. The van der Waals surface area contributed by atoms with Gasteiger partial charge in [0.1, 0.15) is 11.6 Å². The molecule has 19 heavy (non-hydrogen) atoms. The first kappa shape index (κ1) is 14.0. The van der Waals surface area contributed by atoms with Crippen LogP contribution in [0.25, 0.3) is 0 Å². The third-order valence-electron chi connectivity index (χ3n) is 3.48. The molecule has 0 aromatic heterocycles. The first-order valence-corrected chi connectivity index (χ1v) is 6.68. The van der Waals surface area contributed by atoms with Gasteiger partial charge >= 0.3 is 0 Å². The highest BCUT2D eigenvalue weighted by Gasteiger charge is 2.30. The molecule has 0 bridgehead atoms. The summed E-state index contributed by atoms with van der Waals surface area (Å²) in [7, 11) is 0. The van der Waals surface area contributed by atoms with Gasteiger partial charge in [0.25, 0.3) is 5.91 Å². The fourth-order valence-electron chi connectivity index (χ4n) is 2.31. The van der Waals surface area contributed by atoms with Crippen molar-refractivity contribution in [1.29, 1.82) is 0 Å². The van der Waals surface area contributed by atoms with Gasteiger partial charge in [-0.2, -0.15) is 0 Å². The smallest absolute Gasteiger partial charge is 0.258 e. The molecule has 0 spiro atoms. The van der Waals surface area contributed by atoms with Gasteiger partial charge in [-0.25, -0.2) is 4.39 Å². The molecule has 1 fully saturated rings. The van der Waals surface area contributed by atoms with E-state index < -0.39 is 11.7 Å². The standard InChI is InChI=1S/C14H15ClFNO2/c1-2-9-8-17(7-6-12(9)18)14(19)13-10(15)4-3-5-11(13)16/h3-5,9H,2,6-8H2,1H3. The summed E-state index contributed by atoms with van der Waals surface area (Å²) in [5.41, 5.74) is -0.103. The van der Waals surface area contributed by atoms with E-state index in [9.17, 15) is 14.0 Å². The predicted octanol–water partition coefficient (Wildman–Crippen LogP) is 2.92. The molecule has 1 unspecified atom stereocenters. The number of Topliss-reactive ketones (excluding diaryl/α,β-unsaturated/α-hetero) is 1. The third kappa shape index (κ3) is 2.78. The average Bonchev–Trinajstić information content (AvgIpc) is 2.39. The van der Waals surface area contributed by atoms with E-state index >= 15 is 0 Å². The van der Waals surface area contributed by atoms with E-state index in [-0.39, 0.29) is 22.3 Å². The van der Waals surface area contributed by atoms with Crippen molar-refractivity contribution in [3.63, 3.8) is 0 Å². The Morgan fingerprint density at radius 2 is 2.26 bits per heavy atom. The second-order valence-corrected chi connectivity index (χ2v) is 5.08. The number of piperidine rings is 1. The number of amides is 1. The topological polar surface area (TPSA) is 37.4 Å². The summed E-state index contributed by atoms with van der Waals surface area (Å²) in [6.07, 6.45) is 1.02. The number of benzene rings is 1. The molecule has 1 aliphatic heterocycles. The molecular formula is C14H15ClFNO2. The van der Waals surface area contributed by atoms with E-state index in [2.05, 4.69) is 0 Å². The first-order valence-electron chi connectivity index (χ1n) is 6.30. The lowest BCUT2D eigenvalue weighted by molar-refractivity contribution is -0.125. The second-order valence-electron chi connectivity index (χ2n) is 4.67. The molecule has 1 aliphatic rings. The first-order chi connectivity index (χ1) is 9.04. The number of ketones is 1. The van der Waals surface area contributed by atoms with Crippen molar-refractivity contribution >= 4 is 23.3 Å². The number of hydrogen-bond donors (Lipinski definition) is 0. The van der Waals surface area contributed by atoms with Gasteiger partial charge in [0.15, 0.2) is 0 Å². The van der Waals surface area contributed by atoms with Gasteiger partial charge in [-0.15, -0.1) is 0 Å². The monoisotopic (exact) mass is 283 g/mol. The van der Waals surface area contributed by atoms with Crippen molar-refractivity contribution in [2.24, 2.45) is 5.92 Å². The lowest BCUT2D eigenvalue weighted by atomic mass is 9.93. The number of hydrogen-bond acceptors (Lipinski definition) is 2. The molecule has 0 radical (unpaired) electrons. The Labute approximate surface area is 116 Å². The van der Waals surface area contributed by atoms with E-state index in [0.29, 0.717) is 25.9 Å². The second kappa shape index (κ2) is 5.70. The highest BCUT2D eigenvalue weighted by molar-refractivity contribution is 6.33. The lowest BCUT2D eigenvalue weighted by Gasteiger charge is -2.31. The maximum absolute atomic E-state index is 13.7. The molecule has 1 aromatic rings. The third-order valence-corrected chi connectivity index (χ3v) is 3.80. The number of nitrogens with zero attached hydrogens (tertiary/aromatic N) is 1. The van der Waals surface area contributed by atoms with Gasteiger partial charge in [0.05, 0.1) is 10.6 Å². The Kier molecular flexibility index (Phi) is 4.20. The molecule has 1 atom stereocenters. The Balaban J connectivity index is 2.23. The fraction of sp³-hybridized carbons (Fsp3) is 0.429. The minimum absolute atomic E-state index is 0.103. The van der Waals surface area contributed by atoms with Crippen LogP contribution in [-0.4, -0.2) is 29.7 Å². The molecule has 2 rings (SSSR count). The maximum atomic E-state index is 13.7. The largest absolute Gasteiger partial charge is 0.337 e. The highest BCUT2D eigenvalue weighted by Crippen LogP contribution is 2.24. The van der Waals surface area contributed by atoms with Crippen LogP contribution in [0.5, 0.6) is 0 Å². The summed E-state index contributed by atoms with van der Waals surface area (Å²) in [6.45, 7) is 2.59. The number of carbonyl (C=O) groups excluding carboxylic acids is 2. The zero-order chi connectivity index (χ0) is 14.0. The molecule has 1 heterocycles. The normalized spacial score (nSPS) is 19.6. The minimum atomic E-state index is -0.623. The van der Waals surface area contributed by atoms with Gasteiger partial charge < -0.3 is 4.90 Å². The van der Waals surface area contributed by atoms with Crippen LogP contribution in [-0.2, 0) is 4.79 Å². The van der Waals surface area contributed by atoms with Gasteiger partial charge in [-0.1, -0.05) is 24.6 Å². The number of carbonyl (C=O) groups is 2. The average molecular weight is 284 g/mol. The molecule has 0 saturated carbocycles. The predicted molar refractivity (Wildman–Crippen MR) is 70.7 cm³/mol. The van der Waals surface area contributed by atoms with Crippen LogP contribution in [0.15, 0.2) is 18.2 Å². The molecule has 0 N–H and O–H groups in total. The van der Waals surface area contributed by atoms with E-state index in [1.807, 2.05) is 6.92 Å². The maximum Gasteiger partial charge on any atom is 0.258 e. The molecule has 102 valence electrons. The van der Waals surface area contributed by atoms with Crippen molar-refractivity contribution in [1.82, 2.24) is 4.90 Å².